The zero-order valence-corrected chi connectivity index (χ0v) is 22.3. The fourth-order valence-corrected chi connectivity index (χ4v) is 4.31. The summed E-state index contributed by atoms with van der Waals surface area (Å²) >= 11 is 0. The van der Waals surface area contributed by atoms with Crippen molar-refractivity contribution < 1.29 is 52.4 Å². The van der Waals surface area contributed by atoms with E-state index in [0.29, 0.717) is 5.75 Å². The van der Waals surface area contributed by atoms with Crippen molar-refractivity contribution in [3.8, 4) is 17.2 Å². The van der Waals surface area contributed by atoms with Gasteiger partial charge in [0.05, 0.1) is 0 Å². The normalized spacial score (nSPS) is 11.2. The van der Waals surface area contributed by atoms with Crippen LogP contribution in [-0.4, -0.2) is 13.0 Å². The van der Waals surface area contributed by atoms with Gasteiger partial charge in [-0.15, -0.1) is 5.75 Å². The first-order chi connectivity index (χ1) is 14.9. The Balaban J connectivity index is 0.00000512. The maximum Gasteiger partial charge on any atom is 1.00 e. The van der Waals surface area contributed by atoms with Crippen molar-refractivity contribution >= 4 is 10.1 Å². The van der Waals surface area contributed by atoms with Gasteiger partial charge in [0, 0.05) is 0 Å². The number of hydrogen-bond acceptors (Lipinski definition) is 4. The first-order valence-electron chi connectivity index (χ1n) is 11.5. The van der Waals surface area contributed by atoms with Crippen LogP contribution >= 0.6 is 0 Å². The summed E-state index contributed by atoms with van der Waals surface area (Å²) in [5.41, 5.74) is 0.978. The molecular weight excluding hydrogens is 435 g/mol. The Morgan fingerprint density at radius 3 is 1.97 bits per heavy atom. The first kappa shape index (κ1) is 29.0. The molecule has 5 nitrogen and oxygen atoms in total. The number of rotatable bonds is 15. The average Bonchev–Trinajstić information content (AvgIpc) is 2.73. The van der Waals surface area contributed by atoms with E-state index in [2.05, 4.69) is 6.92 Å². The van der Waals surface area contributed by atoms with E-state index in [-0.39, 0.29) is 35.3 Å². The Labute approximate surface area is 215 Å². The summed E-state index contributed by atoms with van der Waals surface area (Å²) in [4.78, 5) is -0.510. The van der Waals surface area contributed by atoms with Crippen LogP contribution in [0.5, 0.6) is 17.2 Å². The predicted molar refractivity (Wildman–Crippen MR) is 122 cm³/mol. The van der Waals surface area contributed by atoms with E-state index >= 15 is 0 Å². The van der Waals surface area contributed by atoms with Crippen molar-refractivity contribution in [2.75, 3.05) is 0 Å². The molecule has 172 valence electrons. The van der Waals surface area contributed by atoms with Crippen LogP contribution in [-0.2, 0) is 16.5 Å². The molecule has 0 unspecified atom stereocenters. The van der Waals surface area contributed by atoms with Crippen molar-refractivity contribution in [2.45, 2.75) is 88.9 Å². The molecule has 0 spiro atoms. The molecule has 0 aliphatic rings. The van der Waals surface area contributed by atoms with Gasteiger partial charge in [-0.05, 0) is 36.6 Å². The minimum Gasteiger partial charge on any atom is -0.872 e. The van der Waals surface area contributed by atoms with E-state index in [1.165, 1.54) is 69.9 Å². The van der Waals surface area contributed by atoms with Crippen molar-refractivity contribution in [1.82, 2.24) is 0 Å². The Hall–Kier alpha value is -1.05. The molecule has 0 amide bonds. The summed E-state index contributed by atoms with van der Waals surface area (Å²) in [5, 5.41) is 11.5. The van der Waals surface area contributed by atoms with Crippen LogP contribution in [0.25, 0.3) is 0 Å². The molecule has 2 aromatic carbocycles. The second-order valence-corrected chi connectivity index (χ2v) is 9.47. The average molecular weight is 471 g/mol. The monoisotopic (exact) mass is 470 g/mol. The van der Waals surface area contributed by atoms with Gasteiger partial charge in [0.15, 0.2) is 0 Å². The van der Waals surface area contributed by atoms with Crippen molar-refractivity contribution in [3.63, 3.8) is 0 Å². The summed E-state index contributed by atoms with van der Waals surface area (Å²) in [6, 6.07) is 10.8. The quantitative estimate of drug-likeness (QED) is 0.244. The van der Waals surface area contributed by atoms with Crippen LogP contribution < -0.4 is 39.4 Å². The number of hydrogen-bond donors (Lipinski definition) is 1. The van der Waals surface area contributed by atoms with Gasteiger partial charge in [-0.25, -0.2) is 0 Å². The van der Waals surface area contributed by atoms with Gasteiger partial charge in [-0.1, -0.05) is 95.4 Å². The molecule has 0 aliphatic heterocycles. The van der Waals surface area contributed by atoms with E-state index in [1.54, 1.807) is 6.07 Å². The summed E-state index contributed by atoms with van der Waals surface area (Å²) < 4.78 is 38.4. The van der Waals surface area contributed by atoms with Crippen LogP contribution in [0.1, 0.15) is 83.1 Å². The summed E-state index contributed by atoms with van der Waals surface area (Å²) in [5.74, 6) is -0.0131. The third-order valence-electron chi connectivity index (χ3n) is 5.44. The molecule has 32 heavy (non-hydrogen) atoms. The minimum absolute atomic E-state index is 0. The standard InChI is InChI=1S/C25H36O5S.Na/c1-2-3-4-5-6-7-8-9-10-11-12-15-21-16-13-14-17-23(21)30-24-19-18-22(26)20-25(24)31(27,28)29;/h13-14,16-20,26H,2-12,15H2,1H3,(H,27,28,29);/q;+1/p-1. The fraction of sp³-hybridized carbons (Fsp3) is 0.520. The van der Waals surface area contributed by atoms with E-state index in [4.69, 9.17) is 4.74 Å². The SMILES string of the molecule is CCCCCCCCCCCCCc1ccccc1Oc1ccc([O-])cc1S(=O)(=O)O.[Na+]. The second-order valence-electron chi connectivity index (χ2n) is 8.08. The Morgan fingerprint density at radius 2 is 1.38 bits per heavy atom. The number of benzene rings is 2. The molecule has 0 bridgehead atoms. The fourth-order valence-electron chi connectivity index (χ4n) is 3.68. The molecule has 0 aliphatic carbocycles. The third kappa shape index (κ3) is 10.7. The number of ether oxygens (including phenoxy) is 1. The van der Waals surface area contributed by atoms with Gasteiger partial charge in [0.25, 0.3) is 10.1 Å². The summed E-state index contributed by atoms with van der Waals surface area (Å²) in [6.45, 7) is 2.24. The molecular formula is C25H35NaO5S. The molecule has 0 heterocycles. The van der Waals surface area contributed by atoms with E-state index in [9.17, 15) is 18.1 Å². The molecule has 0 aromatic heterocycles. The molecule has 1 N–H and O–H groups in total. The second kappa shape index (κ2) is 15.7. The van der Waals surface area contributed by atoms with Crippen LogP contribution in [0.15, 0.2) is 47.4 Å². The van der Waals surface area contributed by atoms with Gasteiger partial charge in [-0.3, -0.25) is 4.55 Å². The Morgan fingerprint density at radius 1 is 0.812 bits per heavy atom. The Bertz CT molecular complexity index is 899. The topological polar surface area (TPSA) is 86.7 Å². The van der Waals surface area contributed by atoms with Gasteiger partial charge in [-0.2, -0.15) is 8.42 Å². The Kier molecular flexibility index (Phi) is 14.2. The third-order valence-corrected chi connectivity index (χ3v) is 6.31. The largest absolute Gasteiger partial charge is 1.00 e. The molecule has 7 heteroatoms. The summed E-state index contributed by atoms with van der Waals surface area (Å²) in [7, 11) is -4.55. The maximum atomic E-state index is 11.6. The van der Waals surface area contributed by atoms with Gasteiger partial charge >= 0.3 is 29.6 Å². The molecule has 2 aromatic rings. The van der Waals surface area contributed by atoms with E-state index in [1.807, 2.05) is 18.2 Å². The van der Waals surface area contributed by atoms with Gasteiger partial charge in [0.1, 0.15) is 16.4 Å². The van der Waals surface area contributed by atoms with Crippen LogP contribution in [0.2, 0.25) is 0 Å². The van der Waals surface area contributed by atoms with E-state index in [0.717, 1.165) is 30.9 Å². The molecule has 2 rings (SSSR count). The van der Waals surface area contributed by atoms with Crippen LogP contribution in [0.3, 0.4) is 0 Å². The van der Waals surface area contributed by atoms with Crippen molar-refractivity contribution in [1.29, 1.82) is 0 Å². The minimum atomic E-state index is -4.55. The van der Waals surface area contributed by atoms with Crippen LogP contribution in [0, 0.1) is 0 Å². The van der Waals surface area contributed by atoms with Crippen LogP contribution in [0.4, 0.5) is 0 Å². The summed E-state index contributed by atoms with van der Waals surface area (Å²) in [6.07, 6.45) is 14.9. The number of aryl methyl sites for hydroxylation is 1. The molecule has 0 fully saturated rings. The van der Waals surface area contributed by atoms with Gasteiger partial charge in [0.2, 0.25) is 0 Å². The van der Waals surface area contributed by atoms with E-state index < -0.39 is 20.8 Å². The number of para-hydroxylation sites is 1. The smallest absolute Gasteiger partial charge is 0.872 e. The zero-order chi connectivity index (χ0) is 22.5. The molecule has 0 saturated carbocycles. The first-order valence-corrected chi connectivity index (χ1v) is 12.9. The molecule has 0 atom stereocenters. The van der Waals surface area contributed by atoms with Gasteiger partial charge < -0.3 is 9.84 Å². The molecule has 0 saturated heterocycles. The predicted octanol–water partition coefficient (Wildman–Crippen LogP) is 3.66. The number of unbranched alkanes of at least 4 members (excludes halogenated alkanes) is 10. The zero-order valence-electron chi connectivity index (χ0n) is 19.5. The van der Waals surface area contributed by atoms with Crippen molar-refractivity contribution in [2.24, 2.45) is 0 Å². The molecule has 0 radical (unpaired) electrons. The van der Waals surface area contributed by atoms with Crippen molar-refractivity contribution in [3.05, 3.63) is 48.0 Å². The maximum absolute atomic E-state index is 11.6.